The van der Waals surface area contributed by atoms with Gasteiger partial charge in [0.15, 0.2) is 0 Å². The van der Waals surface area contributed by atoms with Crippen LogP contribution in [0.15, 0.2) is 60.7 Å². The quantitative estimate of drug-likeness (QED) is 0.551. The zero-order valence-electron chi connectivity index (χ0n) is 20.8. The highest BCUT2D eigenvalue weighted by Crippen LogP contribution is 2.41. The number of fused-ring (bicyclic) bond motifs is 1. The Labute approximate surface area is 214 Å². The number of halogens is 1. The third-order valence-electron chi connectivity index (χ3n) is 7.38. The Hall–Kier alpha value is -4.20. The number of methoxy groups -OCH3 is 1. The van der Waals surface area contributed by atoms with Gasteiger partial charge in [-0.25, -0.2) is 4.39 Å². The molecule has 2 aliphatic heterocycles. The molecule has 8 heteroatoms. The van der Waals surface area contributed by atoms with E-state index in [2.05, 4.69) is 10.6 Å². The van der Waals surface area contributed by atoms with Crippen molar-refractivity contribution >= 4 is 29.1 Å². The lowest BCUT2D eigenvalue weighted by atomic mass is 9.78. The van der Waals surface area contributed by atoms with Crippen molar-refractivity contribution in [3.05, 3.63) is 88.7 Å². The fraction of sp³-hybridized carbons (Fsp3) is 0.276. The van der Waals surface area contributed by atoms with Gasteiger partial charge >= 0.3 is 0 Å². The molecule has 2 aliphatic rings. The van der Waals surface area contributed by atoms with E-state index < -0.39 is 17.1 Å². The predicted molar refractivity (Wildman–Crippen MR) is 139 cm³/mol. The van der Waals surface area contributed by atoms with Crippen LogP contribution in [0.5, 0.6) is 5.75 Å². The van der Waals surface area contributed by atoms with Crippen LogP contribution in [0, 0.1) is 18.2 Å². The zero-order chi connectivity index (χ0) is 26.2. The minimum atomic E-state index is -0.508. The molecule has 0 radical (unpaired) electrons. The van der Waals surface area contributed by atoms with Crippen LogP contribution in [0.3, 0.4) is 0 Å². The average Bonchev–Trinajstić information content (AvgIpc) is 3.15. The molecule has 1 fully saturated rings. The highest BCUT2D eigenvalue weighted by molar-refractivity contribution is 6.09. The molecule has 0 saturated carbocycles. The van der Waals surface area contributed by atoms with Crippen LogP contribution >= 0.6 is 0 Å². The van der Waals surface area contributed by atoms with Gasteiger partial charge in [-0.3, -0.25) is 14.4 Å². The van der Waals surface area contributed by atoms with E-state index in [4.69, 9.17) is 4.74 Å². The lowest BCUT2D eigenvalue weighted by Crippen LogP contribution is -2.36. The first-order chi connectivity index (χ1) is 17.8. The summed E-state index contributed by atoms with van der Waals surface area (Å²) in [6, 6.07) is 16.5. The molecule has 1 spiro atoms. The molecule has 1 unspecified atom stereocenters. The predicted octanol–water partition coefficient (Wildman–Crippen LogP) is 4.49. The number of ether oxygens (including phenoxy) is 1. The lowest BCUT2D eigenvalue weighted by molar-refractivity contribution is -0.127. The second-order valence-electron chi connectivity index (χ2n) is 9.63. The second kappa shape index (κ2) is 9.69. The minimum Gasteiger partial charge on any atom is -0.495 e. The standard InChI is InChI=1S/C29H28FN3O4/c1-18-7-9-21(30)16-22(18)26(34)32-23-10-8-19(15-25(23)37-2)27(35)33-14-12-29(11-13-31-28(29)36)17-20-5-3-4-6-24(20)33/h3-10,15-16H,11-14,17H2,1-2H3,(H,31,36)(H,32,34). The molecule has 0 bridgehead atoms. The van der Waals surface area contributed by atoms with Gasteiger partial charge in [-0.15, -0.1) is 0 Å². The monoisotopic (exact) mass is 501 g/mol. The molecule has 37 heavy (non-hydrogen) atoms. The van der Waals surface area contributed by atoms with E-state index in [1.165, 1.54) is 19.2 Å². The number of para-hydroxylation sites is 1. The molecular weight excluding hydrogens is 473 g/mol. The first-order valence-corrected chi connectivity index (χ1v) is 12.2. The molecule has 2 heterocycles. The zero-order valence-corrected chi connectivity index (χ0v) is 20.8. The van der Waals surface area contributed by atoms with Gasteiger partial charge in [-0.2, -0.15) is 0 Å². The van der Waals surface area contributed by atoms with E-state index in [1.54, 1.807) is 36.1 Å². The Morgan fingerprint density at radius 2 is 1.89 bits per heavy atom. The van der Waals surface area contributed by atoms with Crippen LogP contribution in [0.2, 0.25) is 0 Å². The molecule has 2 N–H and O–H groups in total. The largest absolute Gasteiger partial charge is 0.495 e. The SMILES string of the molecule is COc1cc(C(=O)N2CCC3(CCNC3=O)Cc3ccccc32)ccc1NC(=O)c1cc(F)ccc1C. The van der Waals surface area contributed by atoms with Crippen LogP contribution in [0.25, 0.3) is 0 Å². The summed E-state index contributed by atoms with van der Waals surface area (Å²) in [6.45, 7) is 2.78. The van der Waals surface area contributed by atoms with Crippen molar-refractivity contribution in [2.45, 2.75) is 26.2 Å². The molecular formula is C29H28FN3O4. The average molecular weight is 502 g/mol. The third-order valence-corrected chi connectivity index (χ3v) is 7.38. The van der Waals surface area contributed by atoms with Gasteiger partial charge in [-0.1, -0.05) is 24.3 Å². The Balaban J connectivity index is 1.43. The Morgan fingerprint density at radius 3 is 2.65 bits per heavy atom. The first-order valence-electron chi connectivity index (χ1n) is 12.2. The smallest absolute Gasteiger partial charge is 0.258 e. The fourth-order valence-electron chi connectivity index (χ4n) is 5.27. The summed E-state index contributed by atoms with van der Waals surface area (Å²) in [6.07, 6.45) is 1.90. The van der Waals surface area contributed by atoms with Gasteiger partial charge < -0.3 is 20.3 Å². The van der Waals surface area contributed by atoms with E-state index >= 15 is 0 Å². The van der Waals surface area contributed by atoms with E-state index in [9.17, 15) is 18.8 Å². The van der Waals surface area contributed by atoms with Crippen LogP contribution in [0.1, 0.15) is 44.7 Å². The number of rotatable bonds is 4. The molecule has 7 nitrogen and oxygen atoms in total. The molecule has 0 aromatic heterocycles. The molecule has 3 aromatic rings. The van der Waals surface area contributed by atoms with E-state index in [0.717, 1.165) is 17.7 Å². The highest BCUT2D eigenvalue weighted by atomic mass is 19.1. The maximum absolute atomic E-state index is 13.7. The van der Waals surface area contributed by atoms with E-state index in [0.29, 0.717) is 48.5 Å². The first kappa shape index (κ1) is 24.5. The lowest BCUT2D eigenvalue weighted by Gasteiger charge is -2.25. The van der Waals surface area contributed by atoms with Gasteiger partial charge in [0, 0.05) is 29.9 Å². The van der Waals surface area contributed by atoms with Crippen molar-refractivity contribution in [1.82, 2.24) is 5.32 Å². The molecule has 3 amide bonds. The maximum atomic E-state index is 13.7. The molecule has 3 aromatic carbocycles. The summed E-state index contributed by atoms with van der Waals surface area (Å²) >= 11 is 0. The highest BCUT2D eigenvalue weighted by Gasteiger charge is 2.45. The van der Waals surface area contributed by atoms with Crippen LogP contribution in [0.4, 0.5) is 15.8 Å². The number of carbonyl (C=O) groups is 3. The Kier molecular flexibility index (Phi) is 6.41. The number of nitrogens with zero attached hydrogens (tertiary/aromatic N) is 1. The maximum Gasteiger partial charge on any atom is 0.258 e. The number of benzene rings is 3. The summed E-state index contributed by atoms with van der Waals surface area (Å²) in [4.78, 5) is 41.0. The molecule has 1 atom stereocenters. The minimum absolute atomic E-state index is 0.0481. The van der Waals surface area contributed by atoms with Crippen LogP contribution in [-0.4, -0.2) is 37.9 Å². The number of amides is 3. The summed E-state index contributed by atoms with van der Waals surface area (Å²) < 4.78 is 19.2. The normalized spacial score (nSPS) is 18.7. The van der Waals surface area contributed by atoms with Gasteiger partial charge in [-0.05, 0) is 73.7 Å². The second-order valence-corrected chi connectivity index (χ2v) is 9.63. The molecule has 190 valence electrons. The van der Waals surface area contributed by atoms with E-state index in [1.807, 2.05) is 24.3 Å². The van der Waals surface area contributed by atoms with Gasteiger partial charge in [0.1, 0.15) is 11.6 Å². The van der Waals surface area contributed by atoms with Crippen molar-refractivity contribution < 1.29 is 23.5 Å². The fourth-order valence-corrected chi connectivity index (χ4v) is 5.27. The third kappa shape index (κ3) is 4.55. The molecule has 1 saturated heterocycles. The number of aryl methyl sites for hydroxylation is 1. The van der Waals surface area contributed by atoms with Gasteiger partial charge in [0.05, 0.1) is 18.2 Å². The van der Waals surface area contributed by atoms with Crippen LogP contribution in [-0.2, 0) is 11.2 Å². The van der Waals surface area contributed by atoms with Crippen molar-refractivity contribution in [3.63, 3.8) is 0 Å². The topological polar surface area (TPSA) is 87.7 Å². The molecule has 5 rings (SSSR count). The Bertz CT molecular complexity index is 1410. The number of hydrogen-bond donors (Lipinski definition) is 2. The Morgan fingerprint density at radius 1 is 1.08 bits per heavy atom. The van der Waals surface area contributed by atoms with E-state index in [-0.39, 0.29) is 17.4 Å². The molecule has 0 aliphatic carbocycles. The number of carbonyl (C=O) groups excluding carboxylic acids is 3. The summed E-state index contributed by atoms with van der Waals surface area (Å²) in [5.74, 6) is -0.843. The van der Waals surface area contributed by atoms with Gasteiger partial charge in [0.2, 0.25) is 5.91 Å². The van der Waals surface area contributed by atoms with Crippen LogP contribution < -0.4 is 20.3 Å². The van der Waals surface area contributed by atoms with Gasteiger partial charge in [0.25, 0.3) is 11.8 Å². The van der Waals surface area contributed by atoms with Crippen molar-refractivity contribution in [2.75, 3.05) is 30.4 Å². The summed E-state index contributed by atoms with van der Waals surface area (Å²) in [7, 11) is 1.45. The summed E-state index contributed by atoms with van der Waals surface area (Å²) in [5.41, 5.74) is 2.86. The van der Waals surface area contributed by atoms with Crippen molar-refractivity contribution in [3.8, 4) is 5.75 Å². The van der Waals surface area contributed by atoms with Crippen molar-refractivity contribution in [1.29, 1.82) is 0 Å². The number of nitrogens with one attached hydrogen (secondary N) is 2. The summed E-state index contributed by atoms with van der Waals surface area (Å²) in [5, 5.41) is 5.71. The number of anilines is 2. The number of hydrogen-bond acceptors (Lipinski definition) is 4. The van der Waals surface area contributed by atoms with Crippen molar-refractivity contribution in [2.24, 2.45) is 5.41 Å².